The van der Waals surface area contributed by atoms with Gasteiger partial charge in [-0.3, -0.25) is 25.0 Å². The summed E-state index contributed by atoms with van der Waals surface area (Å²) >= 11 is 0. The Balaban J connectivity index is 1.83. The van der Waals surface area contributed by atoms with Gasteiger partial charge in [0.1, 0.15) is 11.5 Å². The van der Waals surface area contributed by atoms with Gasteiger partial charge in [-0.05, 0) is 31.2 Å². The number of ether oxygens (including phenoxy) is 2. The first-order valence-electron chi connectivity index (χ1n) is 7.20. The Morgan fingerprint density at radius 2 is 1.64 bits per heavy atom. The molecule has 2 aromatic carbocycles. The van der Waals surface area contributed by atoms with Crippen LogP contribution in [0.25, 0.3) is 0 Å². The predicted octanol–water partition coefficient (Wildman–Crippen LogP) is 3.19. The molecule has 9 heteroatoms. The molecule has 0 aliphatic rings. The molecule has 2 rings (SSSR count). The van der Waals surface area contributed by atoms with Gasteiger partial charge in [-0.15, -0.1) is 0 Å². The molecule has 0 fully saturated rings. The van der Waals surface area contributed by atoms with Crippen LogP contribution in [0, 0.1) is 27.2 Å². The normalized spacial score (nSPS) is 10.1. The van der Waals surface area contributed by atoms with Gasteiger partial charge in [0, 0.05) is 23.8 Å². The molecule has 25 heavy (non-hydrogen) atoms. The van der Waals surface area contributed by atoms with Gasteiger partial charge in [0.15, 0.2) is 0 Å². The van der Waals surface area contributed by atoms with Crippen LogP contribution in [0.2, 0.25) is 0 Å². The third kappa shape index (κ3) is 4.99. The average molecular weight is 346 g/mol. The van der Waals surface area contributed by atoms with Crippen molar-refractivity contribution in [2.45, 2.75) is 13.3 Å². The highest BCUT2D eigenvalue weighted by atomic mass is 16.6. The predicted molar refractivity (Wildman–Crippen MR) is 86.7 cm³/mol. The topological polar surface area (TPSA) is 122 Å². The molecule has 0 saturated carbocycles. The molecule has 0 radical (unpaired) electrons. The molecule has 0 saturated heterocycles. The summed E-state index contributed by atoms with van der Waals surface area (Å²) < 4.78 is 10.4. The van der Waals surface area contributed by atoms with Crippen LogP contribution in [-0.4, -0.2) is 22.4 Å². The van der Waals surface area contributed by atoms with Crippen LogP contribution >= 0.6 is 0 Å². The van der Waals surface area contributed by atoms with Crippen molar-refractivity contribution in [3.63, 3.8) is 0 Å². The van der Waals surface area contributed by atoms with Crippen molar-refractivity contribution < 1.29 is 24.1 Å². The Morgan fingerprint density at radius 1 is 1.00 bits per heavy atom. The summed E-state index contributed by atoms with van der Waals surface area (Å²) in [5.74, 6) is 0.0446. The van der Waals surface area contributed by atoms with Crippen molar-refractivity contribution in [2.75, 3.05) is 6.61 Å². The minimum absolute atomic E-state index is 0.0304. The minimum Gasteiger partial charge on any atom is -0.493 e. The molecular formula is C16H14N2O7. The lowest BCUT2D eigenvalue weighted by molar-refractivity contribution is -0.385. The Kier molecular flexibility index (Phi) is 5.62. The van der Waals surface area contributed by atoms with E-state index in [1.54, 1.807) is 6.92 Å². The Morgan fingerprint density at radius 3 is 2.20 bits per heavy atom. The fourth-order valence-corrected chi connectivity index (χ4v) is 2.00. The van der Waals surface area contributed by atoms with Crippen molar-refractivity contribution in [1.29, 1.82) is 0 Å². The standard InChI is InChI=1S/C16H14N2O7/c1-11-10-14(6-7-15(11)18(22)23)25-16(19)8-9-24-13-4-2-12(3-5-13)17(20)21/h2-7,10H,8-9H2,1H3. The molecule has 9 nitrogen and oxygen atoms in total. The van der Waals surface area contributed by atoms with Crippen LogP contribution in [0.4, 0.5) is 11.4 Å². The average Bonchev–Trinajstić information content (AvgIpc) is 2.55. The second kappa shape index (κ2) is 7.86. The molecular weight excluding hydrogens is 332 g/mol. The van der Waals surface area contributed by atoms with Crippen LogP contribution in [0.5, 0.6) is 11.5 Å². The molecule has 0 N–H and O–H groups in total. The van der Waals surface area contributed by atoms with Gasteiger partial charge < -0.3 is 9.47 Å². The summed E-state index contributed by atoms with van der Waals surface area (Å²) in [7, 11) is 0. The maximum atomic E-state index is 11.8. The monoisotopic (exact) mass is 346 g/mol. The molecule has 0 bridgehead atoms. The number of aryl methyl sites for hydroxylation is 1. The highest BCUT2D eigenvalue weighted by Gasteiger charge is 2.13. The van der Waals surface area contributed by atoms with Gasteiger partial charge in [0.2, 0.25) is 0 Å². The summed E-state index contributed by atoms with van der Waals surface area (Å²) in [6, 6.07) is 9.49. The van der Waals surface area contributed by atoms with E-state index >= 15 is 0 Å². The van der Waals surface area contributed by atoms with Crippen LogP contribution in [-0.2, 0) is 4.79 Å². The first kappa shape index (κ1) is 17.9. The van der Waals surface area contributed by atoms with Crippen molar-refractivity contribution >= 4 is 17.3 Å². The van der Waals surface area contributed by atoms with Crippen molar-refractivity contribution in [3.05, 3.63) is 68.3 Å². The Bertz CT molecular complexity index is 803. The summed E-state index contributed by atoms with van der Waals surface area (Å²) in [4.78, 5) is 32.0. The minimum atomic E-state index is -0.560. The number of carbonyl (C=O) groups is 1. The van der Waals surface area contributed by atoms with E-state index in [0.29, 0.717) is 11.3 Å². The van der Waals surface area contributed by atoms with Crippen molar-refractivity contribution in [1.82, 2.24) is 0 Å². The molecule has 0 spiro atoms. The number of hydrogen-bond donors (Lipinski definition) is 0. The van der Waals surface area contributed by atoms with Gasteiger partial charge in [-0.25, -0.2) is 0 Å². The Hall–Kier alpha value is -3.49. The summed E-state index contributed by atoms with van der Waals surface area (Å²) in [5.41, 5.74) is 0.277. The Labute approximate surface area is 142 Å². The maximum Gasteiger partial charge on any atom is 0.314 e. The van der Waals surface area contributed by atoms with Gasteiger partial charge in [-0.2, -0.15) is 0 Å². The van der Waals surface area contributed by atoms with Gasteiger partial charge in [-0.1, -0.05) is 0 Å². The third-order valence-electron chi connectivity index (χ3n) is 3.22. The number of carbonyl (C=O) groups excluding carboxylic acids is 1. The van der Waals surface area contributed by atoms with Crippen LogP contribution < -0.4 is 9.47 Å². The molecule has 0 heterocycles. The molecule has 0 amide bonds. The van der Waals surface area contributed by atoms with Crippen LogP contribution in [0.15, 0.2) is 42.5 Å². The first-order chi connectivity index (χ1) is 11.9. The number of esters is 1. The van der Waals surface area contributed by atoms with E-state index < -0.39 is 15.8 Å². The highest BCUT2D eigenvalue weighted by molar-refractivity contribution is 5.72. The second-order valence-electron chi connectivity index (χ2n) is 5.03. The number of nitrogens with zero attached hydrogens (tertiary/aromatic N) is 2. The van der Waals surface area contributed by atoms with E-state index in [-0.39, 0.29) is 30.2 Å². The van der Waals surface area contributed by atoms with Crippen molar-refractivity contribution in [3.8, 4) is 11.5 Å². The zero-order valence-electron chi connectivity index (χ0n) is 13.2. The molecule has 130 valence electrons. The third-order valence-corrected chi connectivity index (χ3v) is 3.22. The zero-order valence-corrected chi connectivity index (χ0v) is 13.2. The summed E-state index contributed by atoms with van der Waals surface area (Å²) in [5, 5.41) is 21.3. The number of nitro groups is 2. The largest absolute Gasteiger partial charge is 0.493 e. The summed E-state index contributed by atoms with van der Waals surface area (Å²) in [6.07, 6.45) is -0.0486. The number of hydrogen-bond acceptors (Lipinski definition) is 7. The van der Waals surface area contributed by atoms with E-state index in [0.717, 1.165) is 0 Å². The lowest BCUT2D eigenvalue weighted by Crippen LogP contribution is -2.12. The molecule has 0 atom stereocenters. The van der Waals surface area contributed by atoms with Crippen LogP contribution in [0.3, 0.4) is 0 Å². The van der Waals surface area contributed by atoms with Gasteiger partial charge in [0.25, 0.3) is 11.4 Å². The number of nitro benzene ring substituents is 2. The molecule has 2 aromatic rings. The SMILES string of the molecule is Cc1cc(OC(=O)CCOc2ccc([N+](=O)[O-])cc2)ccc1[N+](=O)[O-]. The second-order valence-corrected chi connectivity index (χ2v) is 5.03. The highest BCUT2D eigenvalue weighted by Crippen LogP contribution is 2.23. The van der Waals surface area contributed by atoms with E-state index in [1.807, 2.05) is 0 Å². The smallest absolute Gasteiger partial charge is 0.314 e. The quantitative estimate of drug-likeness (QED) is 0.326. The van der Waals surface area contributed by atoms with E-state index in [2.05, 4.69) is 0 Å². The van der Waals surface area contributed by atoms with E-state index in [9.17, 15) is 25.0 Å². The maximum absolute atomic E-state index is 11.8. The lowest BCUT2D eigenvalue weighted by atomic mass is 10.2. The van der Waals surface area contributed by atoms with Crippen molar-refractivity contribution in [2.24, 2.45) is 0 Å². The van der Waals surface area contributed by atoms with Crippen LogP contribution in [0.1, 0.15) is 12.0 Å². The van der Waals surface area contributed by atoms with E-state index in [4.69, 9.17) is 9.47 Å². The zero-order chi connectivity index (χ0) is 18.4. The molecule has 0 aromatic heterocycles. The van der Waals surface area contributed by atoms with Gasteiger partial charge in [0.05, 0.1) is 22.9 Å². The summed E-state index contributed by atoms with van der Waals surface area (Å²) in [6.45, 7) is 1.58. The molecule has 0 aliphatic heterocycles. The number of rotatable bonds is 7. The number of benzene rings is 2. The van der Waals surface area contributed by atoms with Gasteiger partial charge >= 0.3 is 5.97 Å². The number of non-ortho nitro benzene ring substituents is 1. The lowest BCUT2D eigenvalue weighted by Gasteiger charge is -2.07. The fourth-order valence-electron chi connectivity index (χ4n) is 2.00. The first-order valence-corrected chi connectivity index (χ1v) is 7.20. The molecule has 0 aliphatic carbocycles. The van der Waals surface area contributed by atoms with E-state index in [1.165, 1.54) is 42.5 Å². The fraction of sp³-hybridized carbons (Fsp3) is 0.188. The molecule has 0 unspecified atom stereocenters.